The third-order valence-corrected chi connectivity index (χ3v) is 2.48. The molecule has 3 heteroatoms. The first-order chi connectivity index (χ1) is 6.75. The molecule has 0 saturated carbocycles. The molecule has 1 aromatic heterocycles. The lowest BCUT2D eigenvalue weighted by Gasteiger charge is -2.29. The topological polar surface area (TPSA) is 37.0 Å². The summed E-state index contributed by atoms with van der Waals surface area (Å²) in [6.45, 7) is 5.50. The second-order valence-corrected chi connectivity index (χ2v) is 4.27. The van der Waals surface area contributed by atoms with Gasteiger partial charge in [-0.1, -0.05) is 13.8 Å². The molecule has 0 amide bonds. The van der Waals surface area contributed by atoms with Gasteiger partial charge < -0.3 is 10.6 Å². The number of hydrogen-bond acceptors (Lipinski definition) is 3. The summed E-state index contributed by atoms with van der Waals surface area (Å²) in [6, 6.07) is 2.57. The Morgan fingerprint density at radius 2 is 2.36 bits per heavy atom. The van der Waals surface area contributed by atoms with Gasteiger partial charge in [0.1, 0.15) is 0 Å². The van der Waals surface area contributed by atoms with E-state index in [4.69, 9.17) is 0 Å². The van der Waals surface area contributed by atoms with Crippen LogP contribution in [0.1, 0.15) is 20.3 Å². The Kier molecular flexibility index (Phi) is 2.57. The smallest absolute Gasteiger partial charge is 0.0763 e. The minimum atomic E-state index is 0.546. The van der Waals surface area contributed by atoms with Gasteiger partial charge in [-0.05, 0) is 18.4 Å². The average Bonchev–Trinajstić information content (AvgIpc) is 2.17. The van der Waals surface area contributed by atoms with E-state index in [1.165, 1.54) is 12.1 Å². The van der Waals surface area contributed by atoms with Crippen molar-refractivity contribution in [2.75, 3.05) is 17.2 Å². The molecule has 76 valence electrons. The number of nitrogens with zero attached hydrogens (tertiary/aromatic N) is 1. The zero-order chi connectivity index (χ0) is 9.97. The first-order valence-corrected chi connectivity index (χ1v) is 5.20. The predicted molar refractivity (Wildman–Crippen MR) is 59.6 cm³/mol. The normalized spacial score (nSPS) is 19.8. The number of pyridine rings is 1. The zero-order valence-corrected chi connectivity index (χ0v) is 8.75. The maximum Gasteiger partial charge on any atom is 0.0763 e. The van der Waals surface area contributed by atoms with Crippen LogP contribution >= 0.6 is 0 Å². The molecule has 0 radical (unpaired) electrons. The van der Waals surface area contributed by atoms with Gasteiger partial charge in [0.25, 0.3) is 0 Å². The molecule has 2 heterocycles. The first-order valence-electron chi connectivity index (χ1n) is 5.20. The summed E-state index contributed by atoms with van der Waals surface area (Å²) in [5.41, 5.74) is 2.30. The minimum Gasteiger partial charge on any atom is -0.380 e. The van der Waals surface area contributed by atoms with Crippen LogP contribution in [0.25, 0.3) is 0 Å². The average molecular weight is 191 g/mol. The molecule has 0 spiro atoms. The second kappa shape index (κ2) is 3.86. The van der Waals surface area contributed by atoms with Gasteiger partial charge in [-0.3, -0.25) is 4.98 Å². The fraction of sp³-hybridized carbons (Fsp3) is 0.545. The summed E-state index contributed by atoms with van der Waals surface area (Å²) in [7, 11) is 0. The monoisotopic (exact) mass is 191 g/mol. The van der Waals surface area contributed by atoms with Crippen LogP contribution in [0.5, 0.6) is 0 Å². The quantitative estimate of drug-likeness (QED) is 0.753. The highest BCUT2D eigenvalue weighted by molar-refractivity contribution is 5.69. The second-order valence-electron chi connectivity index (χ2n) is 4.27. The van der Waals surface area contributed by atoms with Crippen molar-refractivity contribution in [3.63, 3.8) is 0 Å². The molecule has 0 fully saturated rings. The van der Waals surface area contributed by atoms with Gasteiger partial charge in [0.2, 0.25) is 0 Å². The van der Waals surface area contributed by atoms with Crippen LogP contribution in [0.3, 0.4) is 0 Å². The van der Waals surface area contributed by atoms with Gasteiger partial charge in [-0.15, -0.1) is 0 Å². The number of fused-ring (bicyclic) bond motifs is 1. The molecule has 1 aliphatic heterocycles. The molecule has 1 aromatic rings. The van der Waals surface area contributed by atoms with Gasteiger partial charge >= 0.3 is 0 Å². The number of anilines is 2. The first kappa shape index (κ1) is 9.31. The predicted octanol–water partition coefficient (Wildman–Crippen LogP) is 2.33. The van der Waals surface area contributed by atoms with Crippen LogP contribution in [0.2, 0.25) is 0 Å². The summed E-state index contributed by atoms with van der Waals surface area (Å²) >= 11 is 0. The number of nitrogens with one attached hydrogen (secondary N) is 2. The van der Waals surface area contributed by atoms with Gasteiger partial charge in [-0.25, -0.2) is 0 Å². The highest BCUT2D eigenvalue weighted by atomic mass is 15.1. The van der Waals surface area contributed by atoms with Crippen molar-refractivity contribution in [1.82, 2.24) is 4.98 Å². The Morgan fingerprint density at radius 1 is 1.50 bits per heavy atom. The van der Waals surface area contributed by atoms with Gasteiger partial charge in [-0.2, -0.15) is 0 Å². The maximum absolute atomic E-state index is 4.08. The van der Waals surface area contributed by atoms with Crippen LogP contribution in [-0.4, -0.2) is 17.6 Å². The number of aromatic nitrogens is 1. The van der Waals surface area contributed by atoms with Crippen molar-refractivity contribution in [2.45, 2.75) is 26.3 Å². The summed E-state index contributed by atoms with van der Waals surface area (Å²) in [6.07, 6.45) is 4.90. The molecule has 1 unspecified atom stereocenters. The fourth-order valence-electron chi connectivity index (χ4n) is 1.88. The van der Waals surface area contributed by atoms with Crippen molar-refractivity contribution < 1.29 is 0 Å². The standard InChI is InChI=1S/C11H17N3/c1-8(2)5-9-6-13-11-7-12-4-3-10(11)14-9/h3-4,7-9,13-14H,5-6H2,1-2H3. The molecule has 0 bridgehead atoms. The lowest BCUT2D eigenvalue weighted by atomic mass is 10.0. The molecule has 0 saturated heterocycles. The Hall–Kier alpha value is -1.25. The fourth-order valence-corrected chi connectivity index (χ4v) is 1.88. The van der Waals surface area contributed by atoms with E-state index in [0.29, 0.717) is 6.04 Å². The molecule has 1 atom stereocenters. The van der Waals surface area contributed by atoms with Crippen molar-refractivity contribution in [2.24, 2.45) is 5.92 Å². The molecule has 3 nitrogen and oxygen atoms in total. The molecule has 14 heavy (non-hydrogen) atoms. The summed E-state index contributed by atoms with van der Waals surface area (Å²) in [5.74, 6) is 0.734. The number of hydrogen-bond donors (Lipinski definition) is 2. The van der Waals surface area contributed by atoms with Crippen LogP contribution in [-0.2, 0) is 0 Å². The van der Waals surface area contributed by atoms with Crippen molar-refractivity contribution in [3.05, 3.63) is 18.5 Å². The summed E-state index contributed by atoms with van der Waals surface area (Å²) < 4.78 is 0. The highest BCUT2D eigenvalue weighted by Gasteiger charge is 2.17. The van der Waals surface area contributed by atoms with E-state index in [0.717, 1.165) is 18.2 Å². The summed E-state index contributed by atoms with van der Waals surface area (Å²) in [4.78, 5) is 4.08. The van der Waals surface area contributed by atoms with E-state index in [1.807, 2.05) is 18.5 Å². The van der Waals surface area contributed by atoms with Crippen molar-refractivity contribution in [3.8, 4) is 0 Å². The van der Waals surface area contributed by atoms with Gasteiger partial charge in [0, 0.05) is 18.8 Å². The SMILES string of the molecule is CC(C)CC1CNc2cnccc2N1. The molecule has 0 aliphatic carbocycles. The van der Waals surface area contributed by atoms with E-state index in [1.54, 1.807) is 0 Å². The van der Waals surface area contributed by atoms with Crippen LogP contribution in [0.15, 0.2) is 18.5 Å². The highest BCUT2D eigenvalue weighted by Crippen LogP contribution is 2.25. The lowest BCUT2D eigenvalue weighted by Crippen LogP contribution is -2.34. The van der Waals surface area contributed by atoms with Crippen LogP contribution < -0.4 is 10.6 Å². The number of rotatable bonds is 2. The van der Waals surface area contributed by atoms with Crippen molar-refractivity contribution >= 4 is 11.4 Å². The Morgan fingerprint density at radius 3 is 3.14 bits per heavy atom. The summed E-state index contributed by atoms with van der Waals surface area (Å²) in [5, 5.41) is 6.92. The van der Waals surface area contributed by atoms with Gasteiger partial charge in [0.15, 0.2) is 0 Å². The van der Waals surface area contributed by atoms with E-state index in [9.17, 15) is 0 Å². The van der Waals surface area contributed by atoms with E-state index < -0.39 is 0 Å². The Balaban J connectivity index is 2.06. The van der Waals surface area contributed by atoms with Crippen LogP contribution in [0, 0.1) is 5.92 Å². The molecule has 2 rings (SSSR count). The van der Waals surface area contributed by atoms with Crippen molar-refractivity contribution in [1.29, 1.82) is 0 Å². The lowest BCUT2D eigenvalue weighted by molar-refractivity contribution is 0.525. The minimum absolute atomic E-state index is 0.546. The molecule has 0 aromatic carbocycles. The maximum atomic E-state index is 4.08. The Bertz CT molecular complexity index is 309. The van der Waals surface area contributed by atoms with E-state index in [2.05, 4.69) is 29.5 Å². The van der Waals surface area contributed by atoms with Crippen LogP contribution in [0.4, 0.5) is 11.4 Å². The molecular formula is C11H17N3. The molecule has 2 N–H and O–H groups in total. The third-order valence-electron chi connectivity index (χ3n) is 2.48. The van der Waals surface area contributed by atoms with E-state index in [-0.39, 0.29) is 0 Å². The largest absolute Gasteiger partial charge is 0.380 e. The van der Waals surface area contributed by atoms with Gasteiger partial charge in [0.05, 0.1) is 17.6 Å². The molecular weight excluding hydrogens is 174 g/mol. The van der Waals surface area contributed by atoms with E-state index >= 15 is 0 Å². The molecule has 1 aliphatic rings. The third kappa shape index (κ3) is 1.97. The zero-order valence-electron chi connectivity index (χ0n) is 8.75. The Labute approximate surface area is 84.9 Å².